The molecule has 0 saturated carbocycles. The van der Waals surface area contributed by atoms with Crippen molar-refractivity contribution in [3.05, 3.63) is 48.2 Å². The lowest BCUT2D eigenvalue weighted by Crippen LogP contribution is -2.24. The van der Waals surface area contributed by atoms with Gasteiger partial charge in [-0.2, -0.15) is 0 Å². The number of nitrogens with zero attached hydrogens (tertiary/aromatic N) is 3. The Morgan fingerprint density at radius 2 is 2.22 bits per heavy atom. The van der Waals surface area contributed by atoms with Crippen molar-refractivity contribution in [2.75, 3.05) is 5.43 Å². The van der Waals surface area contributed by atoms with Gasteiger partial charge in [0.15, 0.2) is 0 Å². The molecule has 0 atom stereocenters. The van der Waals surface area contributed by atoms with Crippen LogP contribution in [0.5, 0.6) is 0 Å². The monoisotopic (exact) mass is 244 g/mol. The molecule has 0 aliphatic rings. The Kier molecular flexibility index (Phi) is 3.77. The van der Waals surface area contributed by atoms with Crippen LogP contribution >= 0.6 is 0 Å². The lowest BCUT2D eigenvalue weighted by Gasteiger charge is -2.05. The summed E-state index contributed by atoms with van der Waals surface area (Å²) in [4.78, 5) is 23.6. The van der Waals surface area contributed by atoms with E-state index in [0.29, 0.717) is 18.1 Å². The molecule has 0 saturated heterocycles. The zero-order chi connectivity index (χ0) is 12.8. The van der Waals surface area contributed by atoms with Crippen molar-refractivity contribution >= 4 is 11.7 Å². The largest absolute Gasteiger partial charge is 0.345 e. The molecule has 0 unspecified atom stereocenters. The second-order valence-corrected chi connectivity index (χ2v) is 3.44. The van der Waals surface area contributed by atoms with Crippen molar-refractivity contribution in [1.82, 2.24) is 20.3 Å². The van der Waals surface area contributed by atoms with E-state index in [1.54, 1.807) is 30.5 Å². The molecule has 0 spiro atoms. The Bertz CT molecular complexity index is 530. The Morgan fingerprint density at radius 1 is 1.33 bits per heavy atom. The minimum Gasteiger partial charge on any atom is -0.345 e. The minimum absolute atomic E-state index is 0.286. The number of nitrogens with one attached hydrogen (secondary N) is 2. The molecule has 2 aromatic heterocycles. The molecule has 0 aliphatic carbocycles. The van der Waals surface area contributed by atoms with Crippen LogP contribution in [-0.4, -0.2) is 20.9 Å². The third-order valence-corrected chi connectivity index (χ3v) is 2.20. The van der Waals surface area contributed by atoms with Crippen LogP contribution in [0.25, 0.3) is 0 Å². The molecular weight excluding hydrogens is 232 g/mol. The third kappa shape index (κ3) is 2.98. The lowest BCUT2D eigenvalue weighted by atomic mass is 10.3. The van der Waals surface area contributed by atoms with Crippen LogP contribution in [0.4, 0.5) is 5.82 Å². The van der Waals surface area contributed by atoms with Crippen LogP contribution in [0.2, 0.25) is 0 Å². The van der Waals surface area contributed by atoms with Gasteiger partial charge < -0.3 is 10.7 Å². The van der Waals surface area contributed by atoms with Gasteiger partial charge >= 0.3 is 0 Å². The Labute approximate surface area is 103 Å². The standard InChI is InChI=1S/C11H12N6O/c12-17-10-3-1-2-9(16-10)11(18)14-6-8-4-5-13-7-15-8/h1-5,7H,6,12H2,(H,14,18)(H,16,17). The molecule has 2 aromatic rings. The van der Waals surface area contributed by atoms with Gasteiger partial charge in [0.2, 0.25) is 0 Å². The average molecular weight is 244 g/mol. The first kappa shape index (κ1) is 11.9. The van der Waals surface area contributed by atoms with Gasteiger partial charge in [-0.1, -0.05) is 6.07 Å². The third-order valence-electron chi connectivity index (χ3n) is 2.20. The minimum atomic E-state index is -0.286. The van der Waals surface area contributed by atoms with Crippen LogP contribution in [0.1, 0.15) is 16.2 Å². The van der Waals surface area contributed by atoms with Crippen LogP contribution in [-0.2, 0) is 6.54 Å². The van der Waals surface area contributed by atoms with Crippen molar-refractivity contribution in [3.8, 4) is 0 Å². The molecule has 2 heterocycles. The van der Waals surface area contributed by atoms with E-state index >= 15 is 0 Å². The molecule has 18 heavy (non-hydrogen) atoms. The second kappa shape index (κ2) is 5.69. The van der Waals surface area contributed by atoms with E-state index in [2.05, 4.69) is 25.7 Å². The molecule has 0 fully saturated rings. The summed E-state index contributed by atoms with van der Waals surface area (Å²) in [7, 11) is 0. The number of pyridine rings is 1. The van der Waals surface area contributed by atoms with Gasteiger partial charge in [-0.15, -0.1) is 0 Å². The Hall–Kier alpha value is -2.54. The molecular formula is C11H12N6O. The summed E-state index contributed by atoms with van der Waals surface area (Å²) in [6.07, 6.45) is 3.05. The maximum Gasteiger partial charge on any atom is 0.270 e. The fourth-order valence-electron chi connectivity index (χ4n) is 1.33. The Morgan fingerprint density at radius 3 is 2.94 bits per heavy atom. The molecule has 0 aliphatic heterocycles. The maximum atomic E-state index is 11.8. The highest BCUT2D eigenvalue weighted by Gasteiger charge is 2.07. The zero-order valence-corrected chi connectivity index (χ0v) is 9.50. The van der Waals surface area contributed by atoms with Gasteiger partial charge in [-0.05, 0) is 18.2 Å². The first-order chi connectivity index (χ1) is 8.79. The summed E-state index contributed by atoms with van der Waals surface area (Å²) in [5, 5.41) is 2.71. The molecule has 1 amide bonds. The van der Waals surface area contributed by atoms with Crippen LogP contribution in [0.3, 0.4) is 0 Å². The van der Waals surface area contributed by atoms with Gasteiger partial charge in [0.25, 0.3) is 5.91 Å². The number of rotatable bonds is 4. The fraction of sp³-hybridized carbons (Fsp3) is 0.0909. The summed E-state index contributed by atoms with van der Waals surface area (Å²) in [5.41, 5.74) is 3.40. The highest BCUT2D eigenvalue weighted by molar-refractivity contribution is 5.92. The molecule has 2 rings (SSSR count). The molecule has 92 valence electrons. The molecule has 0 radical (unpaired) electrons. The Balaban J connectivity index is 1.99. The van der Waals surface area contributed by atoms with Crippen molar-refractivity contribution in [2.45, 2.75) is 6.54 Å². The smallest absolute Gasteiger partial charge is 0.270 e. The van der Waals surface area contributed by atoms with E-state index in [1.807, 2.05) is 0 Å². The predicted molar refractivity (Wildman–Crippen MR) is 65.2 cm³/mol. The highest BCUT2D eigenvalue weighted by atomic mass is 16.1. The summed E-state index contributed by atoms with van der Waals surface area (Å²) < 4.78 is 0. The first-order valence-electron chi connectivity index (χ1n) is 5.26. The van der Waals surface area contributed by atoms with E-state index in [0.717, 1.165) is 5.69 Å². The maximum absolute atomic E-state index is 11.8. The SMILES string of the molecule is NNc1cccc(C(=O)NCc2ccncn2)n1. The molecule has 7 heteroatoms. The summed E-state index contributed by atoms with van der Waals surface area (Å²) in [6, 6.07) is 6.70. The van der Waals surface area contributed by atoms with Crippen molar-refractivity contribution in [2.24, 2.45) is 5.84 Å². The van der Waals surface area contributed by atoms with Crippen molar-refractivity contribution in [3.63, 3.8) is 0 Å². The zero-order valence-electron chi connectivity index (χ0n) is 9.50. The second-order valence-electron chi connectivity index (χ2n) is 3.44. The summed E-state index contributed by atoms with van der Waals surface area (Å²) in [5.74, 6) is 5.37. The fourth-order valence-corrected chi connectivity index (χ4v) is 1.33. The topological polar surface area (TPSA) is 106 Å². The molecule has 7 nitrogen and oxygen atoms in total. The number of nitrogens with two attached hydrogens (primary N) is 1. The van der Waals surface area contributed by atoms with E-state index in [-0.39, 0.29) is 5.91 Å². The number of aromatic nitrogens is 3. The summed E-state index contributed by atoms with van der Waals surface area (Å²) in [6.45, 7) is 0.323. The molecule has 0 aromatic carbocycles. The van der Waals surface area contributed by atoms with Gasteiger partial charge in [0.05, 0.1) is 12.2 Å². The van der Waals surface area contributed by atoms with E-state index in [4.69, 9.17) is 5.84 Å². The number of hydrogen-bond acceptors (Lipinski definition) is 6. The normalized spacial score (nSPS) is 9.83. The summed E-state index contributed by atoms with van der Waals surface area (Å²) >= 11 is 0. The van der Waals surface area contributed by atoms with Crippen LogP contribution in [0.15, 0.2) is 36.8 Å². The number of carbonyl (C=O) groups is 1. The van der Waals surface area contributed by atoms with Crippen LogP contribution < -0.4 is 16.6 Å². The number of anilines is 1. The number of hydrogen-bond donors (Lipinski definition) is 3. The number of nitrogen functional groups attached to an aromatic ring is 1. The molecule has 0 bridgehead atoms. The van der Waals surface area contributed by atoms with E-state index in [1.165, 1.54) is 6.33 Å². The number of amides is 1. The van der Waals surface area contributed by atoms with Gasteiger partial charge in [0.1, 0.15) is 17.8 Å². The number of hydrazine groups is 1. The van der Waals surface area contributed by atoms with E-state index in [9.17, 15) is 4.79 Å². The van der Waals surface area contributed by atoms with Crippen molar-refractivity contribution in [1.29, 1.82) is 0 Å². The first-order valence-corrected chi connectivity index (χ1v) is 5.26. The van der Waals surface area contributed by atoms with Crippen molar-refractivity contribution < 1.29 is 4.79 Å². The van der Waals surface area contributed by atoms with Gasteiger partial charge in [0, 0.05) is 6.20 Å². The molecule has 4 N–H and O–H groups in total. The lowest BCUT2D eigenvalue weighted by molar-refractivity contribution is 0.0945. The quantitative estimate of drug-likeness (QED) is 0.520. The predicted octanol–water partition coefficient (Wildman–Crippen LogP) is 0.0872. The van der Waals surface area contributed by atoms with E-state index < -0.39 is 0 Å². The van der Waals surface area contributed by atoms with Gasteiger partial charge in [-0.25, -0.2) is 20.8 Å². The highest BCUT2D eigenvalue weighted by Crippen LogP contribution is 2.03. The van der Waals surface area contributed by atoms with Gasteiger partial charge in [-0.3, -0.25) is 4.79 Å². The number of carbonyl (C=O) groups excluding carboxylic acids is 1. The van der Waals surface area contributed by atoms with Crippen LogP contribution in [0, 0.1) is 0 Å². The average Bonchev–Trinajstić information content (AvgIpc) is 2.46.